The summed E-state index contributed by atoms with van der Waals surface area (Å²) in [6, 6.07) is 12.6. The highest BCUT2D eigenvalue weighted by atomic mass is 35.5. The summed E-state index contributed by atoms with van der Waals surface area (Å²) in [7, 11) is -3.64. The second-order valence-electron chi connectivity index (χ2n) is 8.09. The maximum absolute atomic E-state index is 13.4. The number of carbonyl (C=O) groups is 1. The zero-order chi connectivity index (χ0) is 21.8. The predicted octanol–water partition coefficient (Wildman–Crippen LogP) is 3.70. The van der Waals surface area contributed by atoms with Gasteiger partial charge in [-0.2, -0.15) is 4.31 Å². The maximum atomic E-state index is 13.4. The molecule has 2 aliphatic heterocycles. The minimum atomic E-state index is -3.64. The van der Waals surface area contributed by atoms with Crippen molar-refractivity contribution in [2.75, 3.05) is 37.6 Å². The first-order chi connectivity index (χ1) is 15.0. The summed E-state index contributed by atoms with van der Waals surface area (Å²) >= 11 is 6.18. The van der Waals surface area contributed by atoms with Crippen LogP contribution in [0.5, 0.6) is 0 Å². The Balaban J connectivity index is 1.55. The minimum absolute atomic E-state index is 0.245. The molecule has 0 spiro atoms. The Labute approximate surface area is 189 Å². The van der Waals surface area contributed by atoms with Gasteiger partial charge < -0.3 is 10.2 Å². The number of benzene rings is 2. The number of carbonyl (C=O) groups excluding carboxylic acids is 1. The summed E-state index contributed by atoms with van der Waals surface area (Å²) in [6.07, 6.45) is 4.46. The monoisotopic (exact) mass is 461 g/mol. The fraction of sp³-hybridized carbons (Fsp3) is 0.435. The molecule has 6 nitrogen and oxygen atoms in total. The fourth-order valence-corrected chi connectivity index (χ4v) is 6.25. The molecule has 2 aliphatic rings. The molecule has 2 fully saturated rings. The third kappa shape index (κ3) is 4.89. The second-order valence-corrected chi connectivity index (χ2v) is 10.4. The van der Waals surface area contributed by atoms with E-state index in [0.29, 0.717) is 42.3 Å². The molecule has 0 saturated carbocycles. The standard InChI is InChI=1S/C23H28ClN3O3S/c24-20-8-2-1-7-18(20)11-12-25-23(28)19-9-10-21(26-13-3-4-14-26)22(17-19)31(29,30)27-15-5-6-16-27/h1-2,7-10,17H,3-6,11-16H2,(H,25,28). The van der Waals surface area contributed by atoms with Gasteiger partial charge in [0.25, 0.3) is 5.91 Å². The zero-order valence-electron chi connectivity index (χ0n) is 17.5. The largest absolute Gasteiger partial charge is 0.370 e. The molecule has 0 radical (unpaired) electrons. The van der Waals surface area contributed by atoms with Crippen LogP contribution in [0.1, 0.15) is 41.6 Å². The lowest BCUT2D eigenvalue weighted by atomic mass is 10.1. The molecule has 1 amide bonds. The molecule has 31 heavy (non-hydrogen) atoms. The van der Waals surface area contributed by atoms with Crippen LogP contribution in [0.4, 0.5) is 5.69 Å². The van der Waals surface area contributed by atoms with Crippen LogP contribution in [0.3, 0.4) is 0 Å². The van der Waals surface area contributed by atoms with Gasteiger partial charge in [0.05, 0.1) is 5.69 Å². The molecule has 0 unspecified atom stereocenters. The van der Waals surface area contributed by atoms with E-state index in [1.807, 2.05) is 24.3 Å². The molecule has 8 heteroatoms. The summed E-state index contributed by atoms with van der Waals surface area (Å²) in [5, 5.41) is 3.56. The highest BCUT2D eigenvalue weighted by Crippen LogP contribution is 2.32. The molecule has 166 valence electrons. The lowest BCUT2D eigenvalue weighted by Gasteiger charge is -2.24. The fourth-order valence-electron chi connectivity index (χ4n) is 4.26. The number of anilines is 1. The van der Waals surface area contributed by atoms with Crippen LogP contribution in [0.2, 0.25) is 5.02 Å². The number of hydrogen-bond acceptors (Lipinski definition) is 4. The van der Waals surface area contributed by atoms with Crippen LogP contribution in [0, 0.1) is 0 Å². The van der Waals surface area contributed by atoms with Crippen LogP contribution < -0.4 is 10.2 Å². The number of amides is 1. The zero-order valence-corrected chi connectivity index (χ0v) is 19.1. The van der Waals surface area contributed by atoms with Crippen molar-refractivity contribution in [1.82, 2.24) is 9.62 Å². The molecule has 1 N–H and O–H groups in total. The van der Waals surface area contributed by atoms with Crippen LogP contribution in [0.15, 0.2) is 47.4 Å². The number of nitrogens with one attached hydrogen (secondary N) is 1. The van der Waals surface area contributed by atoms with Crippen LogP contribution in [-0.4, -0.2) is 51.4 Å². The molecule has 0 atom stereocenters. The van der Waals surface area contributed by atoms with E-state index in [1.54, 1.807) is 22.5 Å². The summed E-state index contributed by atoms with van der Waals surface area (Å²) < 4.78 is 28.3. The van der Waals surface area contributed by atoms with Crippen molar-refractivity contribution in [3.63, 3.8) is 0 Å². The van der Waals surface area contributed by atoms with Crippen molar-refractivity contribution in [2.24, 2.45) is 0 Å². The molecular formula is C23H28ClN3O3S. The predicted molar refractivity (Wildman–Crippen MR) is 123 cm³/mol. The van der Waals surface area contributed by atoms with Gasteiger partial charge in [0.1, 0.15) is 4.90 Å². The van der Waals surface area contributed by atoms with E-state index in [0.717, 1.165) is 44.3 Å². The van der Waals surface area contributed by atoms with Crippen molar-refractivity contribution in [3.05, 3.63) is 58.6 Å². The van der Waals surface area contributed by atoms with Gasteiger partial charge in [0.2, 0.25) is 10.0 Å². The number of rotatable bonds is 7. The van der Waals surface area contributed by atoms with Gasteiger partial charge in [0.15, 0.2) is 0 Å². The van der Waals surface area contributed by atoms with E-state index >= 15 is 0 Å². The average molecular weight is 462 g/mol. The Morgan fingerprint density at radius 1 is 0.968 bits per heavy atom. The molecule has 4 rings (SSSR count). The molecule has 2 saturated heterocycles. The summed E-state index contributed by atoms with van der Waals surface area (Å²) in [4.78, 5) is 15.1. The topological polar surface area (TPSA) is 69.7 Å². The van der Waals surface area contributed by atoms with E-state index in [4.69, 9.17) is 11.6 Å². The van der Waals surface area contributed by atoms with E-state index in [-0.39, 0.29) is 10.8 Å². The van der Waals surface area contributed by atoms with Gasteiger partial charge in [-0.05, 0) is 61.9 Å². The van der Waals surface area contributed by atoms with Gasteiger partial charge >= 0.3 is 0 Å². The van der Waals surface area contributed by atoms with Crippen molar-refractivity contribution in [2.45, 2.75) is 37.0 Å². The van der Waals surface area contributed by atoms with Gasteiger partial charge in [-0.1, -0.05) is 29.8 Å². The van der Waals surface area contributed by atoms with Crippen molar-refractivity contribution < 1.29 is 13.2 Å². The normalized spacial score (nSPS) is 17.3. The van der Waals surface area contributed by atoms with E-state index < -0.39 is 10.0 Å². The molecule has 0 bridgehead atoms. The number of hydrogen-bond donors (Lipinski definition) is 1. The van der Waals surface area contributed by atoms with E-state index in [1.165, 1.54) is 0 Å². The third-order valence-corrected chi connectivity index (χ3v) is 8.29. The first-order valence-electron chi connectivity index (χ1n) is 10.9. The van der Waals surface area contributed by atoms with Crippen LogP contribution in [0.25, 0.3) is 0 Å². The van der Waals surface area contributed by atoms with Gasteiger partial charge in [-0.15, -0.1) is 0 Å². The van der Waals surface area contributed by atoms with Gasteiger partial charge in [-0.3, -0.25) is 4.79 Å². The van der Waals surface area contributed by atoms with Crippen molar-refractivity contribution in [1.29, 1.82) is 0 Å². The minimum Gasteiger partial charge on any atom is -0.370 e. The van der Waals surface area contributed by atoms with Crippen LogP contribution >= 0.6 is 11.6 Å². The summed E-state index contributed by atoms with van der Waals surface area (Å²) in [5.41, 5.74) is 2.03. The molecule has 2 aromatic rings. The smallest absolute Gasteiger partial charge is 0.251 e. The summed E-state index contributed by atoms with van der Waals surface area (Å²) in [5.74, 6) is -0.280. The Morgan fingerprint density at radius 2 is 1.65 bits per heavy atom. The van der Waals surface area contributed by atoms with E-state index in [2.05, 4.69) is 10.2 Å². The quantitative estimate of drug-likeness (QED) is 0.682. The Morgan fingerprint density at radius 3 is 2.35 bits per heavy atom. The average Bonchev–Trinajstić information content (AvgIpc) is 3.49. The SMILES string of the molecule is O=C(NCCc1ccccc1Cl)c1ccc(N2CCCC2)c(S(=O)(=O)N2CCCC2)c1. The molecular weight excluding hydrogens is 434 g/mol. The Bertz CT molecular complexity index is 1050. The molecule has 2 aromatic carbocycles. The maximum Gasteiger partial charge on any atom is 0.251 e. The first-order valence-corrected chi connectivity index (χ1v) is 12.7. The van der Waals surface area contributed by atoms with Crippen molar-refractivity contribution >= 4 is 33.2 Å². The van der Waals surface area contributed by atoms with E-state index in [9.17, 15) is 13.2 Å². The third-order valence-electron chi connectivity index (χ3n) is 5.99. The second kappa shape index (κ2) is 9.59. The molecule has 0 aromatic heterocycles. The van der Waals surface area contributed by atoms with Crippen molar-refractivity contribution in [3.8, 4) is 0 Å². The summed E-state index contributed by atoms with van der Waals surface area (Å²) in [6.45, 7) is 3.18. The highest BCUT2D eigenvalue weighted by Gasteiger charge is 2.32. The number of sulfonamides is 1. The Kier molecular flexibility index (Phi) is 6.84. The Hall–Kier alpha value is -2.09. The van der Waals surface area contributed by atoms with Crippen LogP contribution in [-0.2, 0) is 16.4 Å². The van der Waals surface area contributed by atoms with Gasteiger partial charge in [0, 0.05) is 43.3 Å². The first kappa shape index (κ1) is 22.1. The lowest BCUT2D eigenvalue weighted by molar-refractivity contribution is 0.0954. The highest BCUT2D eigenvalue weighted by molar-refractivity contribution is 7.89. The molecule has 2 heterocycles. The number of nitrogens with zero attached hydrogens (tertiary/aromatic N) is 2. The lowest BCUT2D eigenvalue weighted by Crippen LogP contribution is -2.31. The number of halogens is 1. The van der Waals surface area contributed by atoms with Gasteiger partial charge in [-0.25, -0.2) is 8.42 Å². The molecule has 0 aliphatic carbocycles.